The van der Waals surface area contributed by atoms with Gasteiger partial charge >= 0.3 is 5.97 Å². The summed E-state index contributed by atoms with van der Waals surface area (Å²) < 4.78 is 17.1. The van der Waals surface area contributed by atoms with Gasteiger partial charge in [0.1, 0.15) is 11.3 Å². The van der Waals surface area contributed by atoms with Crippen molar-refractivity contribution >= 4 is 51.7 Å². The third kappa shape index (κ3) is 5.01. The lowest BCUT2D eigenvalue weighted by Crippen LogP contribution is -2.30. The van der Waals surface area contributed by atoms with Crippen LogP contribution in [0.3, 0.4) is 0 Å². The maximum absolute atomic E-state index is 13.3. The van der Waals surface area contributed by atoms with Gasteiger partial charge in [-0.1, -0.05) is 46.4 Å². The Morgan fingerprint density at radius 1 is 0.939 bits per heavy atom. The number of ether oxygens (including phenoxy) is 2. The van der Waals surface area contributed by atoms with E-state index in [0.717, 1.165) is 5.56 Å². The van der Waals surface area contributed by atoms with Crippen molar-refractivity contribution in [2.75, 3.05) is 0 Å². The van der Waals surface area contributed by atoms with Gasteiger partial charge in [0.15, 0.2) is 11.9 Å². The number of hydrogen-bond donors (Lipinski definition) is 0. The molecule has 0 radical (unpaired) electrons. The maximum Gasteiger partial charge on any atom is 0.352 e. The average Bonchev–Trinajstić information content (AvgIpc) is 2.78. The van der Waals surface area contributed by atoms with E-state index >= 15 is 0 Å². The summed E-state index contributed by atoms with van der Waals surface area (Å²) in [6, 6.07) is 16.5. The molecule has 168 valence electrons. The zero-order valence-electron chi connectivity index (χ0n) is 17.5. The largest absolute Gasteiger partial charge is 0.477 e. The second-order valence-corrected chi connectivity index (χ2v) is 8.63. The second kappa shape index (κ2) is 9.48. The van der Waals surface area contributed by atoms with Crippen LogP contribution in [0.15, 0.2) is 69.9 Å². The Morgan fingerprint density at radius 2 is 1.64 bits per heavy atom. The van der Waals surface area contributed by atoms with E-state index in [2.05, 4.69) is 0 Å². The zero-order chi connectivity index (χ0) is 23.7. The smallest absolute Gasteiger partial charge is 0.352 e. The minimum absolute atomic E-state index is 0.109. The Kier molecular flexibility index (Phi) is 6.66. The van der Waals surface area contributed by atoms with E-state index in [-0.39, 0.29) is 22.3 Å². The van der Waals surface area contributed by atoms with Crippen LogP contribution in [0.1, 0.15) is 12.5 Å². The van der Waals surface area contributed by atoms with E-state index in [0.29, 0.717) is 26.6 Å². The highest BCUT2D eigenvalue weighted by Crippen LogP contribution is 2.33. The lowest BCUT2D eigenvalue weighted by atomic mass is 10.1. The first-order chi connectivity index (χ1) is 15.7. The molecule has 4 aromatic rings. The van der Waals surface area contributed by atoms with Gasteiger partial charge < -0.3 is 13.9 Å². The molecule has 33 heavy (non-hydrogen) atoms. The monoisotopic (exact) mass is 502 g/mol. The second-order valence-electron chi connectivity index (χ2n) is 7.35. The number of esters is 1. The molecular weight excluding hydrogens is 487 g/mol. The van der Waals surface area contributed by atoms with Gasteiger partial charge in [-0.25, -0.2) is 4.79 Å². The van der Waals surface area contributed by atoms with E-state index in [9.17, 15) is 9.59 Å². The fourth-order valence-corrected chi connectivity index (χ4v) is 3.75. The molecule has 1 atom stereocenters. The average molecular weight is 504 g/mol. The molecule has 0 bridgehead atoms. The number of carbonyl (C=O) groups is 1. The van der Waals surface area contributed by atoms with Crippen LogP contribution in [0.25, 0.3) is 22.3 Å². The molecule has 0 aliphatic heterocycles. The molecule has 0 unspecified atom stereocenters. The Hall–Kier alpha value is -2.99. The molecule has 0 saturated carbocycles. The molecule has 1 aromatic heterocycles. The lowest BCUT2D eigenvalue weighted by molar-refractivity contribution is -0.141. The molecule has 0 aliphatic rings. The van der Waals surface area contributed by atoms with Gasteiger partial charge in [-0.3, -0.25) is 4.79 Å². The van der Waals surface area contributed by atoms with Gasteiger partial charge in [0.25, 0.3) is 0 Å². The molecule has 5 nitrogen and oxygen atoms in total. The van der Waals surface area contributed by atoms with Crippen molar-refractivity contribution in [2.45, 2.75) is 20.0 Å². The molecule has 8 heteroatoms. The number of hydrogen-bond acceptors (Lipinski definition) is 5. The summed E-state index contributed by atoms with van der Waals surface area (Å²) in [7, 11) is 0. The Labute approximate surface area is 204 Å². The fraction of sp³-hybridized carbons (Fsp3) is 0.120. The van der Waals surface area contributed by atoms with Crippen molar-refractivity contribution in [3.63, 3.8) is 0 Å². The first kappa shape index (κ1) is 23.2. The van der Waals surface area contributed by atoms with Crippen molar-refractivity contribution in [1.82, 2.24) is 0 Å². The number of carbonyl (C=O) groups excluding carboxylic acids is 1. The predicted octanol–water partition coefficient (Wildman–Crippen LogP) is 7.10. The zero-order valence-corrected chi connectivity index (χ0v) is 19.8. The van der Waals surface area contributed by atoms with Crippen LogP contribution >= 0.6 is 34.8 Å². The number of aryl methyl sites for hydroxylation is 1. The summed E-state index contributed by atoms with van der Waals surface area (Å²) in [6.45, 7) is 3.34. The van der Waals surface area contributed by atoms with Gasteiger partial charge in [0.05, 0.1) is 10.4 Å². The van der Waals surface area contributed by atoms with Gasteiger partial charge in [0, 0.05) is 15.6 Å². The van der Waals surface area contributed by atoms with Crippen LogP contribution < -0.4 is 14.9 Å². The number of rotatable bonds is 5. The quantitative estimate of drug-likeness (QED) is 0.272. The fourth-order valence-electron chi connectivity index (χ4n) is 3.17. The summed E-state index contributed by atoms with van der Waals surface area (Å²) in [5.74, 6) is -0.670. The molecule has 0 saturated heterocycles. The third-order valence-electron chi connectivity index (χ3n) is 4.84. The van der Waals surface area contributed by atoms with E-state index in [1.807, 2.05) is 13.0 Å². The standard InChI is InChI=1S/C25H17Cl3O5/c1-13-3-9-20-18(11-13)22(29)24(23(32-20)15-4-6-16(26)7-5-15)33-25(30)14(2)31-21-10-8-17(27)12-19(21)28/h3-12,14H,1-2H3/t14-/m1/s1. The Morgan fingerprint density at radius 3 is 2.33 bits per heavy atom. The summed E-state index contributed by atoms with van der Waals surface area (Å²) >= 11 is 18.0. The molecule has 0 aliphatic carbocycles. The van der Waals surface area contributed by atoms with Gasteiger partial charge in [0.2, 0.25) is 11.2 Å². The third-order valence-corrected chi connectivity index (χ3v) is 5.63. The van der Waals surface area contributed by atoms with Crippen LogP contribution in [-0.4, -0.2) is 12.1 Å². The summed E-state index contributed by atoms with van der Waals surface area (Å²) in [6.07, 6.45) is -1.07. The molecule has 1 heterocycles. The molecule has 4 rings (SSSR count). The first-order valence-electron chi connectivity index (χ1n) is 9.89. The minimum atomic E-state index is -1.07. The lowest BCUT2D eigenvalue weighted by Gasteiger charge is -2.16. The predicted molar refractivity (Wildman–Crippen MR) is 130 cm³/mol. The van der Waals surface area contributed by atoms with Crippen molar-refractivity contribution < 1.29 is 18.7 Å². The normalized spacial score (nSPS) is 11.9. The van der Waals surface area contributed by atoms with E-state index in [1.165, 1.54) is 13.0 Å². The van der Waals surface area contributed by atoms with E-state index in [1.54, 1.807) is 48.5 Å². The molecular formula is C25H17Cl3O5. The van der Waals surface area contributed by atoms with E-state index in [4.69, 9.17) is 48.7 Å². The molecule has 0 N–H and O–H groups in total. The van der Waals surface area contributed by atoms with Gasteiger partial charge in [-0.15, -0.1) is 0 Å². The van der Waals surface area contributed by atoms with Crippen LogP contribution in [0, 0.1) is 6.92 Å². The summed E-state index contributed by atoms with van der Waals surface area (Å²) in [5.41, 5.74) is 1.28. The van der Waals surface area contributed by atoms with Gasteiger partial charge in [-0.2, -0.15) is 0 Å². The summed E-state index contributed by atoms with van der Waals surface area (Å²) in [5, 5.41) is 1.48. The van der Waals surface area contributed by atoms with Crippen LogP contribution in [0.5, 0.6) is 11.5 Å². The Balaban J connectivity index is 1.74. The molecule has 0 amide bonds. The number of fused-ring (bicyclic) bond motifs is 1. The highest BCUT2D eigenvalue weighted by Gasteiger charge is 2.25. The Bertz CT molecular complexity index is 1410. The summed E-state index contributed by atoms with van der Waals surface area (Å²) in [4.78, 5) is 26.2. The minimum Gasteiger partial charge on any atom is -0.477 e. The van der Waals surface area contributed by atoms with Gasteiger partial charge in [-0.05, 0) is 68.4 Å². The topological polar surface area (TPSA) is 65.7 Å². The van der Waals surface area contributed by atoms with Crippen LogP contribution in [-0.2, 0) is 4.79 Å². The van der Waals surface area contributed by atoms with Crippen LogP contribution in [0.4, 0.5) is 0 Å². The molecule has 3 aromatic carbocycles. The SMILES string of the molecule is Cc1ccc2oc(-c3ccc(Cl)cc3)c(OC(=O)[C@@H](C)Oc3ccc(Cl)cc3Cl)c(=O)c2c1. The van der Waals surface area contributed by atoms with Crippen molar-refractivity contribution in [1.29, 1.82) is 0 Å². The van der Waals surface area contributed by atoms with Crippen molar-refractivity contribution in [2.24, 2.45) is 0 Å². The highest BCUT2D eigenvalue weighted by atomic mass is 35.5. The van der Waals surface area contributed by atoms with Crippen molar-refractivity contribution in [3.05, 3.63) is 91.5 Å². The molecule has 0 fully saturated rings. The number of benzene rings is 3. The highest BCUT2D eigenvalue weighted by molar-refractivity contribution is 6.35. The van der Waals surface area contributed by atoms with Crippen molar-refractivity contribution in [3.8, 4) is 22.8 Å². The number of halogens is 3. The molecule has 0 spiro atoms. The first-order valence-corrected chi connectivity index (χ1v) is 11.0. The van der Waals surface area contributed by atoms with E-state index < -0.39 is 17.5 Å². The van der Waals surface area contributed by atoms with Crippen LogP contribution in [0.2, 0.25) is 15.1 Å². The maximum atomic E-state index is 13.3.